The Balaban J connectivity index is 1.05. The number of carbonyl (C=O) groups excluding carboxylic acids is 2. The molecule has 0 aromatic heterocycles. The third-order valence-electron chi connectivity index (χ3n) is 9.61. The van der Waals surface area contributed by atoms with Crippen molar-refractivity contribution in [2.24, 2.45) is 9.98 Å². The highest BCUT2D eigenvalue weighted by atomic mass is 32.2. The van der Waals surface area contributed by atoms with E-state index < -0.39 is 9.84 Å². The third-order valence-corrected chi connectivity index (χ3v) is 11.4. The molecule has 2 aliphatic heterocycles. The van der Waals surface area contributed by atoms with Gasteiger partial charge in [0.15, 0.2) is 0 Å². The maximum atomic E-state index is 13.9. The van der Waals surface area contributed by atoms with Crippen LogP contribution in [0.25, 0.3) is 0 Å². The standard InChI is InChI=1S/C44H34N4O4S/c1-29-11-15-31(16-12-29)43(49)45-41-39-9-5-3-7-33(39)27-47(41)35-19-23-37(24-20-35)53(51,52)38-25-21-36(22-26-38)48-28-34-8-4-6-10-40(34)42(48)46-44(50)32-17-13-30(2)14-18-32/h3-26H,27-28H2,1-2H3. The molecule has 0 aliphatic carbocycles. The minimum Gasteiger partial charge on any atom is -0.321 e. The van der Waals surface area contributed by atoms with E-state index in [1.54, 1.807) is 72.8 Å². The van der Waals surface area contributed by atoms with Crippen LogP contribution in [0, 0.1) is 13.8 Å². The summed E-state index contributed by atoms with van der Waals surface area (Å²) >= 11 is 0. The largest absolute Gasteiger partial charge is 0.321 e. The summed E-state index contributed by atoms with van der Waals surface area (Å²) in [7, 11) is -3.88. The first-order valence-electron chi connectivity index (χ1n) is 17.2. The van der Waals surface area contributed by atoms with Crippen molar-refractivity contribution in [2.75, 3.05) is 9.80 Å². The lowest BCUT2D eigenvalue weighted by Gasteiger charge is -2.20. The number of hydrogen-bond donors (Lipinski definition) is 0. The monoisotopic (exact) mass is 714 g/mol. The Morgan fingerprint density at radius 1 is 0.491 bits per heavy atom. The lowest BCUT2D eigenvalue weighted by Crippen LogP contribution is -2.25. The molecule has 0 unspecified atom stereocenters. The first-order chi connectivity index (χ1) is 25.7. The SMILES string of the molecule is Cc1ccc(C(=O)N=C2c3ccccc3CN2c2ccc(S(=O)(=O)c3ccc(N4Cc5ccccc5C4=NC(=O)c4ccc(C)cc4)cc3)cc2)cc1. The van der Waals surface area contributed by atoms with Crippen molar-refractivity contribution in [2.45, 2.75) is 36.7 Å². The molecule has 0 fully saturated rings. The zero-order valence-corrected chi connectivity index (χ0v) is 29.9. The molecule has 2 heterocycles. The second kappa shape index (κ2) is 13.6. The Labute approximate surface area is 308 Å². The maximum Gasteiger partial charge on any atom is 0.278 e. The van der Waals surface area contributed by atoms with Crippen LogP contribution in [0.2, 0.25) is 0 Å². The van der Waals surface area contributed by atoms with Crippen molar-refractivity contribution in [3.8, 4) is 0 Å². The van der Waals surface area contributed by atoms with Gasteiger partial charge in [0.2, 0.25) is 9.84 Å². The van der Waals surface area contributed by atoms with Crippen LogP contribution in [0.4, 0.5) is 11.4 Å². The van der Waals surface area contributed by atoms with Crippen LogP contribution in [0.5, 0.6) is 0 Å². The summed E-state index contributed by atoms with van der Waals surface area (Å²) < 4.78 is 27.7. The number of anilines is 2. The Hall–Kier alpha value is -6.45. The number of benzene rings is 6. The van der Waals surface area contributed by atoms with Crippen LogP contribution in [-0.2, 0) is 22.9 Å². The first kappa shape index (κ1) is 33.7. The lowest BCUT2D eigenvalue weighted by atomic mass is 10.1. The molecule has 260 valence electrons. The Kier molecular flexibility index (Phi) is 8.64. The van der Waals surface area contributed by atoms with Crippen molar-refractivity contribution in [1.29, 1.82) is 0 Å². The number of amides is 2. The molecule has 0 radical (unpaired) electrons. The topological polar surface area (TPSA) is 99.5 Å². The molecule has 0 bridgehead atoms. The fourth-order valence-corrected chi connectivity index (χ4v) is 7.92. The molecule has 0 atom stereocenters. The zero-order valence-electron chi connectivity index (χ0n) is 29.1. The van der Waals surface area contributed by atoms with Gasteiger partial charge in [-0.2, -0.15) is 9.98 Å². The van der Waals surface area contributed by atoms with E-state index in [-0.39, 0.29) is 21.6 Å². The van der Waals surface area contributed by atoms with Crippen molar-refractivity contribution >= 4 is 44.7 Å². The molecule has 53 heavy (non-hydrogen) atoms. The molecule has 2 amide bonds. The Morgan fingerprint density at radius 2 is 0.849 bits per heavy atom. The van der Waals surface area contributed by atoms with E-state index in [0.717, 1.165) is 33.4 Å². The fourth-order valence-electron chi connectivity index (χ4n) is 6.66. The summed E-state index contributed by atoms with van der Waals surface area (Å²) in [5, 5.41) is 0. The van der Waals surface area contributed by atoms with Gasteiger partial charge in [-0.15, -0.1) is 0 Å². The molecule has 8 nitrogen and oxygen atoms in total. The van der Waals surface area contributed by atoms with E-state index >= 15 is 0 Å². The molecule has 6 aromatic rings. The van der Waals surface area contributed by atoms with Gasteiger partial charge in [-0.1, -0.05) is 83.9 Å². The normalized spacial score (nSPS) is 15.1. The molecule has 2 aliphatic rings. The number of nitrogens with zero attached hydrogens (tertiary/aromatic N) is 4. The van der Waals surface area contributed by atoms with Crippen molar-refractivity contribution in [3.63, 3.8) is 0 Å². The number of aliphatic imine (C=N–C) groups is 2. The van der Waals surface area contributed by atoms with Crippen molar-refractivity contribution < 1.29 is 18.0 Å². The summed E-state index contributed by atoms with van der Waals surface area (Å²) in [5.74, 6) is 0.339. The highest BCUT2D eigenvalue weighted by molar-refractivity contribution is 7.91. The molecule has 8 rings (SSSR count). The maximum absolute atomic E-state index is 13.9. The molecule has 9 heteroatoms. The van der Waals surface area contributed by atoms with Gasteiger partial charge in [-0.05, 0) is 97.8 Å². The average molecular weight is 715 g/mol. The van der Waals surface area contributed by atoms with Gasteiger partial charge in [0.05, 0.1) is 22.9 Å². The zero-order chi connectivity index (χ0) is 36.7. The van der Waals surface area contributed by atoms with E-state index in [2.05, 4.69) is 9.98 Å². The van der Waals surface area contributed by atoms with Gasteiger partial charge in [-0.3, -0.25) is 9.59 Å². The molecule has 0 N–H and O–H groups in total. The average Bonchev–Trinajstić information content (AvgIpc) is 3.73. The summed E-state index contributed by atoms with van der Waals surface area (Å²) in [6.07, 6.45) is 0. The van der Waals surface area contributed by atoms with Gasteiger partial charge < -0.3 is 9.80 Å². The first-order valence-corrected chi connectivity index (χ1v) is 18.7. The number of amidine groups is 2. The quantitative estimate of drug-likeness (QED) is 0.172. The van der Waals surface area contributed by atoms with Crippen LogP contribution in [0.1, 0.15) is 54.1 Å². The molecule has 0 saturated heterocycles. The predicted molar refractivity (Wildman–Crippen MR) is 208 cm³/mol. The second-order valence-electron chi connectivity index (χ2n) is 13.2. The van der Waals surface area contributed by atoms with E-state index in [9.17, 15) is 18.0 Å². The van der Waals surface area contributed by atoms with Crippen LogP contribution >= 0.6 is 0 Å². The Morgan fingerprint density at radius 3 is 1.23 bits per heavy atom. The highest BCUT2D eigenvalue weighted by Gasteiger charge is 2.30. The summed E-state index contributed by atoms with van der Waals surface area (Å²) in [6, 6.07) is 43.5. The lowest BCUT2D eigenvalue weighted by molar-refractivity contribution is 0.0994. The summed E-state index contributed by atoms with van der Waals surface area (Å²) in [6.45, 7) is 4.91. The van der Waals surface area contributed by atoms with Crippen LogP contribution in [-0.4, -0.2) is 31.9 Å². The van der Waals surface area contributed by atoms with Crippen LogP contribution < -0.4 is 9.80 Å². The van der Waals surface area contributed by atoms with E-state index in [1.165, 1.54) is 0 Å². The van der Waals surface area contributed by atoms with E-state index in [1.807, 2.05) is 96.4 Å². The number of carbonyl (C=O) groups is 2. The smallest absolute Gasteiger partial charge is 0.278 e. The second-order valence-corrected chi connectivity index (χ2v) is 15.1. The molecule has 0 spiro atoms. The minimum absolute atomic E-state index is 0.138. The highest BCUT2D eigenvalue weighted by Crippen LogP contribution is 2.33. The third kappa shape index (κ3) is 6.47. The van der Waals surface area contributed by atoms with Crippen LogP contribution in [0.15, 0.2) is 165 Å². The minimum atomic E-state index is -3.88. The molecular formula is C44H34N4O4S. The molecule has 6 aromatic carbocycles. The van der Waals surface area contributed by atoms with Crippen molar-refractivity contribution in [1.82, 2.24) is 0 Å². The Bertz CT molecular complexity index is 2390. The van der Waals surface area contributed by atoms with Gasteiger partial charge in [0.25, 0.3) is 11.8 Å². The number of sulfone groups is 1. The number of hydrogen-bond acceptors (Lipinski definition) is 4. The predicted octanol–water partition coefficient (Wildman–Crippen LogP) is 8.35. The van der Waals surface area contributed by atoms with Crippen molar-refractivity contribution in [3.05, 3.63) is 190 Å². The van der Waals surface area contributed by atoms with Gasteiger partial charge in [-0.25, -0.2) is 8.42 Å². The van der Waals surface area contributed by atoms with E-state index in [0.29, 0.717) is 47.3 Å². The number of rotatable bonds is 6. The molecule has 0 saturated carbocycles. The van der Waals surface area contributed by atoms with Gasteiger partial charge in [0, 0.05) is 33.6 Å². The number of fused-ring (bicyclic) bond motifs is 2. The summed E-state index contributed by atoms with van der Waals surface area (Å²) in [5.41, 5.74) is 8.28. The molecular weight excluding hydrogens is 681 g/mol. The fraction of sp³-hybridized carbons (Fsp3) is 0.0909. The van der Waals surface area contributed by atoms with Gasteiger partial charge >= 0.3 is 0 Å². The van der Waals surface area contributed by atoms with Gasteiger partial charge in [0.1, 0.15) is 11.7 Å². The summed E-state index contributed by atoms with van der Waals surface area (Å²) in [4.78, 5) is 39.7. The van der Waals surface area contributed by atoms with Crippen LogP contribution in [0.3, 0.4) is 0 Å². The number of aryl methyl sites for hydroxylation is 2. The van der Waals surface area contributed by atoms with E-state index in [4.69, 9.17) is 0 Å².